The zero-order valence-electron chi connectivity index (χ0n) is 15.6. The van der Waals surface area contributed by atoms with Crippen molar-refractivity contribution < 1.29 is 29.0 Å². The van der Waals surface area contributed by atoms with Gasteiger partial charge in [0.25, 0.3) is 0 Å². The van der Waals surface area contributed by atoms with Crippen molar-refractivity contribution in [3.8, 4) is 0 Å². The van der Waals surface area contributed by atoms with E-state index >= 15 is 0 Å². The summed E-state index contributed by atoms with van der Waals surface area (Å²) in [5.41, 5.74) is -1.96. The molecule has 1 N–H and O–H groups in total. The van der Waals surface area contributed by atoms with Crippen molar-refractivity contribution in [2.45, 2.75) is 63.3 Å². The van der Waals surface area contributed by atoms with Gasteiger partial charge in [0.15, 0.2) is 5.12 Å². The van der Waals surface area contributed by atoms with Crippen molar-refractivity contribution in [3.05, 3.63) is 0 Å². The van der Waals surface area contributed by atoms with Crippen LogP contribution in [0.15, 0.2) is 0 Å². The van der Waals surface area contributed by atoms with Gasteiger partial charge in [0, 0.05) is 38.2 Å². The number of carboxylic acid groups (broad SMARTS) is 1. The Balaban J connectivity index is 2.09. The van der Waals surface area contributed by atoms with Crippen LogP contribution >= 0.6 is 11.8 Å². The van der Waals surface area contributed by atoms with Crippen molar-refractivity contribution in [2.75, 3.05) is 19.6 Å². The fourth-order valence-corrected chi connectivity index (χ4v) is 4.31. The van der Waals surface area contributed by atoms with E-state index < -0.39 is 23.2 Å². The second-order valence-electron chi connectivity index (χ2n) is 7.74. The van der Waals surface area contributed by atoms with E-state index in [1.165, 1.54) is 16.7 Å². The van der Waals surface area contributed by atoms with Gasteiger partial charge in [0.1, 0.15) is 11.1 Å². The molecule has 0 aliphatic carbocycles. The zero-order valence-corrected chi connectivity index (χ0v) is 16.4. The minimum absolute atomic E-state index is 0.0891. The monoisotopic (exact) mass is 386 g/mol. The van der Waals surface area contributed by atoms with Crippen LogP contribution in [0.25, 0.3) is 0 Å². The van der Waals surface area contributed by atoms with Crippen molar-refractivity contribution in [3.63, 3.8) is 0 Å². The lowest BCUT2D eigenvalue weighted by atomic mass is 9.86. The smallest absolute Gasteiger partial charge is 0.410 e. The van der Waals surface area contributed by atoms with E-state index in [4.69, 9.17) is 4.74 Å². The number of ether oxygens (including phenoxy) is 1. The van der Waals surface area contributed by atoms with Gasteiger partial charge in [-0.15, -0.1) is 0 Å². The molecule has 1 atom stereocenters. The summed E-state index contributed by atoms with van der Waals surface area (Å²) >= 11 is 1.08. The third-order valence-corrected chi connectivity index (χ3v) is 5.56. The molecule has 9 heteroatoms. The van der Waals surface area contributed by atoms with Gasteiger partial charge in [0.05, 0.1) is 0 Å². The number of hydrogen-bond acceptors (Lipinski definition) is 6. The highest BCUT2D eigenvalue weighted by molar-refractivity contribution is 8.14. The van der Waals surface area contributed by atoms with E-state index in [-0.39, 0.29) is 55.2 Å². The summed E-state index contributed by atoms with van der Waals surface area (Å²) in [6.45, 7) is 7.39. The zero-order chi connectivity index (χ0) is 19.7. The Hall–Kier alpha value is -1.77. The molecule has 2 aliphatic heterocycles. The summed E-state index contributed by atoms with van der Waals surface area (Å²) in [7, 11) is 0. The molecule has 0 bridgehead atoms. The first-order chi connectivity index (χ1) is 11.9. The predicted molar refractivity (Wildman–Crippen MR) is 95.8 cm³/mol. The summed E-state index contributed by atoms with van der Waals surface area (Å²) in [6, 6.07) is 0. The molecular formula is C17H26N2O6S. The lowest BCUT2D eigenvalue weighted by Crippen LogP contribution is -2.61. The highest BCUT2D eigenvalue weighted by Gasteiger charge is 2.52. The highest BCUT2D eigenvalue weighted by atomic mass is 32.2. The maximum absolute atomic E-state index is 12.4. The van der Waals surface area contributed by atoms with Crippen LogP contribution < -0.4 is 0 Å². The average molecular weight is 386 g/mol. The molecule has 2 fully saturated rings. The van der Waals surface area contributed by atoms with E-state index in [2.05, 4.69) is 0 Å². The Morgan fingerprint density at radius 2 is 1.81 bits per heavy atom. The van der Waals surface area contributed by atoms with Crippen LogP contribution in [-0.2, 0) is 19.1 Å². The number of carbonyl (C=O) groups is 4. The molecule has 2 rings (SSSR count). The van der Waals surface area contributed by atoms with Gasteiger partial charge in [0.2, 0.25) is 5.91 Å². The minimum atomic E-state index is -1.33. The van der Waals surface area contributed by atoms with Gasteiger partial charge in [-0.2, -0.15) is 0 Å². The van der Waals surface area contributed by atoms with Crippen LogP contribution in [0.4, 0.5) is 4.79 Å². The Morgan fingerprint density at radius 1 is 1.23 bits per heavy atom. The topological polar surface area (TPSA) is 104 Å². The number of aliphatic carboxylic acids is 1. The Kier molecular flexibility index (Phi) is 5.89. The summed E-state index contributed by atoms with van der Waals surface area (Å²) < 4.78 is 5.33. The molecule has 0 aromatic carbocycles. The average Bonchev–Trinajstić information content (AvgIpc) is 2.85. The van der Waals surface area contributed by atoms with Gasteiger partial charge in [-0.25, -0.2) is 9.59 Å². The second kappa shape index (κ2) is 7.46. The molecule has 1 unspecified atom stereocenters. The van der Waals surface area contributed by atoms with Crippen LogP contribution in [0.2, 0.25) is 0 Å². The van der Waals surface area contributed by atoms with E-state index in [1.54, 1.807) is 20.8 Å². The number of hydrogen-bond donors (Lipinski definition) is 1. The minimum Gasteiger partial charge on any atom is -0.479 e. The third kappa shape index (κ3) is 4.49. The number of amides is 2. The molecule has 2 aliphatic rings. The Labute approximate surface area is 157 Å². The lowest BCUT2D eigenvalue weighted by molar-refractivity contribution is -0.160. The largest absolute Gasteiger partial charge is 0.479 e. The van der Waals surface area contributed by atoms with Crippen LogP contribution in [-0.4, -0.2) is 74.0 Å². The summed E-state index contributed by atoms with van der Waals surface area (Å²) in [6.07, 6.45) is -0.0285. The molecule has 0 saturated carbocycles. The second-order valence-corrected chi connectivity index (χ2v) is 9.22. The number of nitrogens with zero attached hydrogens (tertiary/aromatic N) is 2. The van der Waals surface area contributed by atoms with Gasteiger partial charge < -0.3 is 19.6 Å². The Morgan fingerprint density at radius 3 is 2.27 bits per heavy atom. The quantitative estimate of drug-likeness (QED) is 0.787. The molecule has 0 radical (unpaired) electrons. The first kappa shape index (κ1) is 20.5. The van der Waals surface area contributed by atoms with Gasteiger partial charge >= 0.3 is 12.1 Å². The number of likely N-dealkylation sites (tertiary alicyclic amines) is 2. The first-order valence-corrected chi connectivity index (χ1v) is 9.51. The maximum Gasteiger partial charge on any atom is 0.410 e. The van der Waals surface area contributed by atoms with Gasteiger partial charge in [-0.1, -0.05) is 11.8 Å². The number of carboxylic acids is 1. The molecule has 146 valence electrons. The molecule has 26 heavy (non-hydrogen) atoms. The predicted octanol–water partition coefficient (Wildman–Crippen LogP) is 1.72. The van der Waals surface area contributed by atoms with Crippen molar-refractivity contribution in [1.29, 1.82) is 0 Å². The van der Waals surface area contributed by atoms with Crippen LogP contribution in [0.3, 0.4) is 0 Å². The van der Waals surface area contributed by atoms with Crippen LogP contribution in [0.5, 0.6) is 0 Å². The molecule has 0 aromatic rings. The summed E-state index contributed by atoms with van der Waals surface area (Å²) in [5.74, 6) is -1.32. The summed E-state index contributed by atoms with van der Waals surface area (Å²) in [4.78, 5) is 50.8. The van der Waals surface area contributed by atoms with Crippen molar-refractivity contribution >= 4 is 34.8 Å². The fourth-order valence-electron chi connectivity index (χ4n) is 3.39. The lowest BCUT2D eigenvalue weighted by Gasteiger charge is -2.44. The number of thioether (sulfide) groups is 1. The van der Waals surface area contributed by atoms with Gasteiger partial charge in [-0.3, -0.25) is 9.59 Å². The van der Waals surface area contributed by atoms with Crippen molar-refractivity contribution in [1.82, 2.24) is 9.80 Å². The number of carbonyl (C=O) groups excluding carboxylic acids is 3. The number of piperidine rings is 1. The van der Waals surface area contributed by atoms with E-state index in [0.29, 0.717) is 0 Å². The first-order valence-electron chi connectivity index (χ1n) is 8.63. The van der Waals surface area contributed by atoms with E-state index in [0.717, 1.165) is 11.8 Å². The molecule has 2 heterocycles. The van der Waals surface area contributed by atoms with Crippen molar-refractivity contribution in [2.24, 2.45) is 0 Å². The summed E-state index contributed by atoms with van der Waals surface area (Å²) in [5, 5.41) is 9.53. The molecule has 0 spiro atoms. The SMILES string of the molecule is CC(=O)SC1CC(=O)N(C2(C(=O)O)CCN(C(=O)OC(C)(C)C)CC2)C1. The molecule has 2 amide bonds. The van der Waals surface area contributed by atoms with E-state index in [1.807, 2.05) is 0 Å². The fraction of sp³-hybridized carbons (Fsp3) is 0.765. The van der Waals surface area contributed by atoms with E-state index in [9.17, 15) is 24.3 Å². The number of rotatable bonds is 3. The Bertz CT molecular complexity index is 607. The molecular weight excluding hydrogens is 360 g/mol. The molecule has 2 saturated heterocycles. The standard InChI is InChI=1S/C17H26N2O6S/c1-11(20)26-12-9-13(21)19(10-12)17(14(22)23)5-7-18(8-6-17)15(24)25-16(2,3)4/h12H,5-10H2,1-4H3,(H,22,23). The molecule has 0 aromatic heterocycles. The normalized spacial score (nSPS) is 23.1. The maximum atomic E-state index is 12.4. The third-order valence-electron chi connectivity index (χ3n) is 4.58. The van der Waals surface area contributed by atoms with Crippen LogP contribution in [0, 0.1) is 0 Å². The molecule has 8 nitrogen and oxygen atoms in total. The highest BCUT2D eigenvalue weighted by Crippen LogP contribution is 2.36. The van der Waals surface area contributed by atoms with Crippen LogP contribution in [0.1, 0.15) is 47.0 Å². The van der Waals surface area contributed by atoms with Gasteiger partial charge in [-0.05, 0) is 33.6 Å².